The van der Waals surface area contributed by atoms with Gasteiger partial charge in [-0.2, -0.15) is 0 Å². The molecule has 2 aromatic rings. The minimum absolute atomic E-state index is 0.0289. The molecule has 0 spiro atoms. The Labute approximate surface area is 164 Å². The highest BCUT2D eigenvalue weighted by Gasteiger charge is 2.40. The zero-order chi connectivity index (χ0) is 19.5. The number of hydrogen-bond acceptors (Lipinski definition) is 6. The highest BCUT2D eigenvalue weighted by atomic mass is 16.5. The van der Waals surface area contributed by atoms with Crippen LogP contribution in [-0.4, -0.2) is 50.4 Å². The van der Waals surface area contributed by atoms with Crippen LogP contribution in [0.15, 0.2) is 48.5 Å². The summed E-state index contributed by atoms with van der Waals surface area (Å²) in [6.07, 6.45) is 0. The molecule has 1 unspecified atom stereocenters. The highest BCUT2D eigenvalue weighted by Crippen LogP contribution is 2.29. The van der Waals surface area contributed by atoms with Gasteiger partial charge in [0.15, 0.2) is 0 Å². The van der Waals surface area contributed by atoms with Gasteiger partial charge in [-0.1, -0.05) is 18.2 Å². The second-order valence-electron chi connectivity index (χ2n) is 7.30. The first-order valence-corrected chi connectivity index (χ1v) is 9.58. The van der Waals surface area contributed by atoms with Crippen molar-refractivity contribution >= 4 is 17.3 Å². The third-order valence-electron chi connectivity index (χ3n) is 5.55. The Morgan fingerprint density at radius 2 is 1.93 bits per heavy atom. The van der Waals surface area contributed by atoms with Crippen molar-refractivity contribution in [2.24, 2.45) is 5.92 Å². The molecule has 2 aliphatic heterocycles. The van der Waals surface area contributed by atoms with Crippen molar-refractivity contribution in [3.8, 4) is 5.75 Å². The maximum atomic E-state index is 13.1. The van der Waals surface area contributed by atoms with Crippen molar-refractivity contribution in [3.05, 3.63) is 54.1 Å². The summed E-state index contributed by atoms with van der Waals surface area (Å²) in [5, 5.41) is 13.1. The van der Waals surface area contributed by atoms with Gasteiger partial charge in [0.2, 0.25) is 5.91 Å². The summed E-state index contributed by atoms with van der Waals surface area (Å²) in [6.45, 7) is 2.24. The number of aliphatic hydroxyl groups excluding tert-OH is 1. The van der Waals surface area contributed by atoms with Crippen LogP contribution < -0.4 is 25.8 Å². The molecule has 0 aromatic heterocycles. The van der Waals surface area contributed by atoms with Gasteiger partial charge < -0.3 is 20.1 Å². The van der Waals surface area contributed by atoms with Crippen LogP contribution in [0.3, 0.4) is 0 Å². The molecule has 2 fully saturated rings. The van der Waals surface area contributed by atoms with Crippen molar-refractivity contribution in [2.75, 3.05) is 43.6 Å². The summed E-state index contributed by atoms with van der Waals surface area (Å²) in [7, 11) is 1.61. The summed E-state index contributed by atoms with van der Waals surface area (Å²) in [5.74, 6) is 0.954. The SMILES string of the molecule is COc1cccc(NC2C(=O)N(c3ccc(C4CNNC4)cc3)C[C@H]2CO)c1. The molecular formula is C21H26N4O3. The fourth-order valence-electron chi connectivity index (χ4n) is 3.89. The predicted octanol–water partition coefficient (Wildman–Crippen LogP) is 1.32. The van der Waals surface area contributed by atoms with Gasteiger partial charge in [-0.05, 0) is 29.8 Å². The molecular weight excluding hydrogens is 356 g/mol. The molecule has 7 nitrogen and oxygen atoms in total. The number of rotatable bonds is 6. The summed E-state index contributed by atoms with van der Waals surface area (Å²) in [5.41, 5.74) is 9.19. The van der Waals surface area contributed by atoms with E-state index in [9.17, 15) is 9.90 Å². The second-order valence-corrected chi connectivity index (χ2v) is 7.30. The maximum absolute atomic E-state index is 13.1. The topological polar surface area (TPSA) is 85.9 Å². The fraction of sp³-hybridized carbons (Fsp3) is 0.381. The molecule has 0 aliphatic carbocycles. The van der Waals surface area contributed by atoms with Crippen LogP contribution in [0.5, 0.6) is 5.75 Å². The Morgan fingerprint density at radius 1 is 1.18 bits per heavy atom. The van der Waals surface area contributed by atoms with Gasteiger partial charge in [-0.25, -0.2) is 0 Å². The molecule has 4 rings (SSSR count). The highest BCUT2D eigenvalue weighted by molar-refractivity contribution is 6.01. The quantitative estimate of drug-likeness (QED) is 0.603. The minimum atomic E-state index is -0.472. The largest absolute Gasteiger partial charge is 0.497 e. The Morgan fingerprint density at radius 3 is 2.61 bits per heavy atom. The van der Waals surface area contributed by atoms with E-state index in [-0.39, 0.29) is 18.4 Å². The summed E-state index contributed by atoms with van der Waals surface area (Å²) in [4.78, 5) is 14.8. The average Bonchev–Trinajstić information content (AvgIpc) is 3.38. The lowest BCUT2D eigenvalue weighted by molar-refractivity contribution is -0.118. The van der Waals surface area contributed by atoms with E-state index in [1.54, 1.807) is 12.0 Å². The molecule has 28 heavy (non-hydrogen) atoms. The number of ether oxygens (including phenoxy) is 1. The number of aliphatic hydroxyl groups is 1. The summed E-state index contributed by atoms with van der Waals surface area (Å²) < 4.78 is 5.25. The molecule has 148 valence electrons. The number of hydrogen-bond donors (Lipinski definition) is 4. The number of nitrogens with zero attached hydrogens (tertiary/aromatic N) is 1. The van der Waals surface area contributed by atoms with Crippen LogP contribution in [0.2, 0.25) is 0 Å². The number of hydrazine groups is 1. The lowest BCUT2D eigenvalue weighted by Gasteiger charge is -2.19. The van der Waals surface area contributed by atoms with Crippen LogP contribution in [0.4, 0.5) is 11.4 Å². The number of carbonyl (C=O) groups excluding carboxylic acids is 1. The maximum Gasteiger partial charge on any atom is 0.249 e. The van der Waals surface area contributed by atoms with Crippen molar-refractivity contribution in [3.63, 3.8) is 0 Å². The first-order valence-electron chi connectivity index (χ1n) is 9.58. The van der Waals surface area contributed by atoms with E-state index >= 15 is 0 Å². The zero-order valence-corrected chi connectivity index (χ0v) is 15.9. The van der Waals surface area contributed by atoms with Gasteiger partial charge in [0.05, 0.1) is 13.7 Å². The monoisotopic (exact) mass is 382 g/mol. The molecule has 2 aliphatic rings. The summed E-state index contributed by atoms with van der Waals surface area (Å²) in [6, 6.07) is 15.2. The van der Waals surface area contributed by atoms with Crippen molar-refractivity contribution < 1.29 is 14.6 Å². The Hall–Kier alpha value is -2.61. The molecule has 2 saturated heterocycles. The molecule has 2 heterocycles. The smallest absolute Gasteiger partial charge is 0.249 e. The van der Waals surface area contributed by atoms with E-state index in [0.29, 0.717) is 12.5 Å². The average molecular weight is 382 g/mol. The van der Waals surface area contributed by atoms with Gasteiger partial charge in [-0.3, -0.25) is 15.6 Å². The van der Waals surface area contributed by atoms with E-state index in [2.05, 4.69) is 28.3 Å². The minimum Gasteiger partial charge on any atom is -0.497 e. The number of methoxy groups -OCH3 is 1. The number of benzene rings is 2. The van der Waals surface area contributed by atoms with Gasteiger partial charge in [0.1, 0.15) is 11.8 Å². The molecule has 7 heteroatoms. The Bertz CT molecular complexity index is 821. The molecule has 0 bridgehead atoms. The van der Waals surface area contributed by atoms with E-state index in [1.807, 2.05) is 36.4 Å². The molecule has 2 aromatic carbocycles. The fourth-order valence-corrected chi connectivity index (χ4v) is 3.89. The standard InChI is InChI=1S/C21H26N4O3/c1-28-19-4-2-3-17(9-19)24-20-16(13-26)12-25(21(20)27)18-7-5-14(6-8-18)15-10-22-23-11-15/h2-9,15-16,20,22-24,26H,10-13H2,1H3/t16-,20?/m0/s1. The Balaban J connectivity index is 1.50. The lowest BCUT2D eigenvalue weighted by Crippen LogP contribution is -2.36. The van der Waals surface area contributed by atoms with Crippen molar-refractivity contribution in [2.45, 2.75) is 12.0 Å². The number of nitrogens with one attached hydrogen (secondary N) is 3. The zero-order valence-electron chi connectivity index (χ0n) is 15.9. The lowest BCUT2D eigenvalue weighted by atomic mass is 10.00. The van der Waals surface area contributed by atoms with E-state index in [1.165, 1.54) is 5.56 Å². The van der Waals surface area contributed by atoms with Crippen LogP contribution in [0, 0.1) is 5.92 Å². The first kappa shape index (κ1) is 18.7. The van der Waals surface area contributed by atoms with Crippen LogP contribution >= 0.6 is 0 Å². The summed E-state index contributed by atoms with van der Waals surface area (Å²) >= 11 is 0. The van der Waals surface area contributed by atoms with Gasteiger partial charge >= 0.3 is 0 Å². The predicted molar refractivity (Wildman–Crippen MR) is 109 cm³/mol. The Kier molecular flexibility index (Phi) is 5.47. The number of anilines is 2. The molecule has 4 N–H and O–H groups in total. The van der Waals surface area contributed by atoms with Crippen molar-refractivity contribution in [1.29, 1.82) is 0 Å². The molecule has 0 saturated carbocycles. The third-order valence-corrected chi connectivity index (χ3v) is 5.55. The number of amides is 1. The van der Waals surface area contributed by atoms with Gasteiger partial charge in [0.25, 0.3) is 0 Å². The second kappa shape index (κ2) is 8.18. The molecule has 2 atom stereocenters. The third kappa shape index (κ3) is 3.69. The normalized spacial score (nSPS) is 22.6. The van der Waals surface area contributed by atoms with Gasteiger partial charge in [-0.15, -0.1) is 0 Å². The van der Waals surface area contributed by atoms with Crippen LogP contribution in [0.1, 0.15) is 11.5 Å². The van der Waals surface area contributed by atoms with Crippen LogP contribution in [0.25, 0.3) is 0 Å². The van der Waals surface area contributed by atoms with E-state index in [4.69, 9.17) is 4.74 Å². The van der Waals surface area contributed by atoms with Crippen molar-refractivity contribution in [1.82, 2.24) is 10.9 Å². The molecule has 0 radical (unpaired) electrons. The van der Waals surface area contributed by atoms with Gasteiger partial charge in [0, 0.05) is 48.9 Å². The molecule has 1 amide bonds. The first-order chi connectivity index (χ1) is 13.7. The van der Waals surface area contributed by atoms with E-state index in [0.717, 1.165) is 30.2 Å². The van der Waals surface area contributed by atoms with Crippen LogP contribution in [-0.2, 0) is 4.79 Å². The van der Waals surface area contributed by atoms with E-state index < -0.39 is 6.04 Å². The number of carbonyl (C=O) groups is 1.